The zero-order chi connectivity index (χ0) is 14.8. The SMILES string of the molecule is O=[N+]([O-])c1ccc(Cl)cc1CNCC1CCN(C2CC2)C1. The standard InChI is InChI=1S/C15H20ClN3O2/c16-13-1-4-15(19(20)21)12(7-13)9-17-8-11-5-6-18(10-11)14-2-3-14/h1,4,7,11,14,17H,2-3,5-6,8-10H2. The summed E-state index contributed by atoms with van der Waals surface area (Å²) in [6.45, 7) is 3.77. The predicted molar refractivity (Wildman–Crippen MR) is 82.5 cm³/mol. The molecule has 1 aliphatic heterocycles. The van der Waals surface area contributed by atoms with Crippen LogP contribution in [-0.2, 0) is 6.54 Å². The molecule has 1 aromatic carbocycles. The third-order valence-electron chi connectivity index (χ3n) is 4.37. The third-order valence-corrected chi connectivity index (χ3v) is 4.60. The summed E-state index contributed by atoms with van der Waals surface area (Å²) in [4.78, 5) is 13.2. The number of nitrogens with zero attached hydrogens (tertiary/aromatic N) is 2. The van der Waals surface area contributed by atoms with Crippen LogP contribution in [0.25, 0.3) is 0 Å². The van der Waals surface area contributed by atoms with Crippen LogP contribution in [-0.4, -0.2) is 35.5 Å². The molecule has 3 rings (SSSR count). The summed E-state index contributed by atoms with van der Waals surface area (Å²) in [5.74, 6) is 0.656. The smallest absolute Gasteiger partial charge is 0.273 e. The molecule has 5 nitrogen and oxygen atoms in total. The first-order valence-electron chi connectivity index (χ1n) is 7.51. The molecule has 1 atom stereocenters. The summed E-state index contributed by atoms with van der Waals surface area (Å²) in [5.41, 5.74) is 0.794. The number of halogens is 1. The highest BCUT2D eigenvalue weighted by atomic mass is 35.5. The van der Waals surface area contributed by atoms with Crippen LogP contribution >= 0.6 is 11.6 Å². The van der Waals surface area contributed by atoms with E-state index < -0.39 is 0 Å². The van der Waals surface area contributed by atoms with E-state index in [4.69, 9.17) is 11.6 Å². The molecule has 0 bridgehead atoms. The van der Waals surface area contributed by atoms with E-state index in [-0.39, 0.29) is 10.6 Å². The summed E-state index contributed by atoms with van der Waals surface area (Å²) in [6, 6.07) is 5.55. The first kappa shape index (κ1) is 14.8. The molecule has 0 spiro atoms. The number of rotatable bonds is 6. The minimum absolute atomic E-state index is 0.137. The first-order chi connectivity index (χ1) is 10.1. The molecule has 1 aromatic rings. The Balaban J connectivity index is 1.51. The van der Waals surface area contributed by atoms with Gasteiger partial charge in [0, 0.05) is 35.8 Å². The van der Waals surface area contributed by atoms with Crippen LogP contribution < -0.4 is 5.32 Å². The van der Waals surface area contributed by atoms with Crippen molar-refractivity contribution in [2.24, 2.45) is 5.92 Å². The van der Waals surface area contributed by atoms with Crippen LogP contribution in [0.3, 0.4) is 0 Å². The number of benzene rings is 1. The summed E-state index contributed by atoms with van der Waals surface area (Å²) in [5, 5.41) is 14.9. The quantitative estimate of drug-likeness (QED) is 0.648. The topological polar surface area (TPSA) is 58.4 Å². The molecule has 0 radical (unpaired) electrons. The average molecular weight is 310 g/mol. The summed E-state index contributed by atoms with van der Waals surface area (Å²) >= 11 is 5.93. The van der Waals surface area contributed by atoms with Crippen molar-refractivity contribution in [1.82, 2.24) is 10.2 Å². The lowest BCUT2D eigenvalue weighted by Gasteiger charge is -2.15. The lowest BCUT2D eigenvalue weighted by atomic mass is 10.1. The van der Waals surface area contributed by atoms with Crippen LogP contribution in [0.4, 0.5) is 5.69 Å². The van der Waals surface area contributed by atoms with Crippen LogP contribution in [0.5, 0.6) is 0 Å². The predicted octanol–water partition coefficient (Wildman–Crippen LogP) is 2.82. The van der Waals surface area contributed by atoms with Gasteiger partial charge in [-0.15, -0.1) is 0 Å². The second kappa shape index (κ2) is 6.30. The van der Waals surface area contributed by atoms with Crippen LogP contribution in [0, 0.1) is 16.0 Å². The van der Waals surface area contributed by atoms with Gasteiger partial charge >= 0.3 is 0 Å². The van der Waals surface area contributed by atoms with E-state index in [2.05, 4.69) is 10.2 Å². The highest BCUT2D eigenvalue weighted by molar-refractivity contribution is 6.30. The van der Waals surface area contributed by atoms with Gasteiger partial charge in [0.25, 0.3) is 5.69 Å². The minimum atomic E-state index is -0.349. The van der Waals surface area contributed by atoms with Crippen molar-refractivity contribution in [2.45, 2.75) is 31.8 Å². The van der Waals surface area contributed by atoms with Crippen molar-refractivity contribution >= 4 is 17.3 Å². The maximum absolute atomic E-state index is 11.0. The zero-order valence-electron chi connectivity index (χ0n) is 11.9. The van der Waals surface area contributed by atoms with Gasteiger partial charge in [0.2, 0.25) is 0 Å². The molecule has 6 heteroatoms. The normalized spacial score (nSPS) is 22.6. The number of hydrogen-bond donors (Lipinski definition) is 1. The molecule has 1 heterocycles. The molecule has 114 valence electrons. The van der Waals surface area contributed by atoms with Gasteiger partial charge in [-0.3, -0.25) is 10.1 Å². The Morgan fingerprint density at radius 1 is 1.38 bits per heavy atom. The first-order valence-corrected chi connectivity index (χ1v) is 7.89. The van der Waals surface area contributed by atoms with Crippen molar-refractivity contribution in [2.75, 3.05) is 19.6 Å². The highest BCUT2D eigenvalue weighted by Crippen LogP contribution is 2.31. The Morgan fingerprint density at radius 2 is 2.19 bits per heavy atom. The molecule has 1 saturated heterocycles. The van der Waals surface area contributed by atoms with E-state index in [9.17, 15) is 10.1 Å². The minimum Gasteiger partial charge on any atom is -0.312 e. The molecule has 1 aliphatic carbocycles. The van der Waals surface area contributed by atoms with E-state index >= 15 is 0 Å². The van der Waals surface area contributed by atoms with Crippen molar-refractivity contribution < 1.29 is 4.92 Å². The molecule has 2 fully saturated rings. The second-order valence-electron chi connectivity index (χ2n) is 6.04. The van der Waals surface area contributed by atoms with E-state index in [1.54, 1.807) is 12.1 Å². The van der Waals surface area contributed by atoms with Gasteiger partial charge in [0.05, 0.1) is 4.92 Å². The van der Waals surface area contributed by atoms with E-state index in [0.717, 1.165) is 19.1 Å². The second-order valence-corrected chi connectivity index (χ2v) is 6.48. The third kappa shape index (κ3) is 3.73. The van der Waals surface area contributed by atoms with E-state index in [1.807, 2.05) is 0 Å². The maximum Gasteiger partial charge on any atom is 0.273 e. The summed E-state index contributed by atoms with van der Waals surface area (Å²) < 4.78 is 0. The van der Waals surface area contributed by atoms with Crippen molar-refractivity contribution in [1.29, 1.82) is 0 Å². The van der Waals surface area contributed by atoms with Gasteiger partial charge < -0.3 is 10.2 Å². The number of nitro benzene ring substituents is 1. The van der Waals surface area contributed by atoms with E-state index in [0.29, 0.717) is 23.0 Å². The van der Waals surface area contributed by atoms with Gasteiger partial charge in [-0.25, -0.2) is 0 Å². The van der Waals surface area contributed by atoms with Crippen LogP contribution in [0.15, 0.2) is 18.2 Å². The Bertz CT molecular complexity index is 534. The summed E-state index contributed by atoms with van der Waals surface area (Å²) in [6.07, 6.45) is 3.94. The van der Waals surface area contributed by atoms with Crippen molar-refractivity contribution in [3.05, 3.63) is 38.9 Å². The molecule has 0 amide bonds. The fraction of sp³-hybridized carbons (Fsp3) is 0.600. The van der Waals surface area contributed by atoms with Crippen molar-refractivity contribution in [3.63, 3.8) is 0 Å². The molecular weight excluding hydrogens is 290 g/mol. The van der Waals surface area contributed by atoms with Gasteiger partial charge in [-0.1, -0.05) is 11.6 Å². The molecule has 2 aliphatic rings. The van der Waals surface area contributed by atoms with Gasteiger partial charge in [0.1, 0.15) is 0 Å². The Morgan fingerprint density at radius 3 is 2.90 bits per heavy atom. The molecule has 0 aromatic heterocycles. The molecule has 1 saturated carbocycles. The van der Waals surface area contributed by atoms with Crippen LogP contribution in [0.1, 0.15) is 24.8 Å². The van der Waals surface area contributed by atoms with Crippen molar-refractivity contribution in [3.8, 4) is 0 Å². The summed E-state index contributed by atoms with van der Waals surface area (Å²) in [7, 11) is 0. The number of likely N-dealkylation sites (tertiary alicyclic amines) is 1. The fourth-order valence-electron chi connectivity index (χ4n) is 3.09. The Kier molecular flexibility index (Phi) is 4.42. The monoisotopic (exact) mass is 309 g/mol. The van der Waals surface area contributed by atoms with Crippen LogP contribution in [0.2, 0.25) is 5.02 Å². The molecule has 1 N–H and O–H groups in total. The van der Waals surface area contributed by atoms with E-state index in [1.165, 1.54) is 31.9 Å². The highest BCUT2D eigenvalue weighted by Gasteiger charge is 2.34. The number of hydrogen-bond acceptors (Lipinski definition) is 4. The number of nitrogens with one attached hydrogen (secondary N) is 1. The zero-order valence-corrected chi connectivity index (χ0v) is 12.7. The molecule has 21 heavy (non-hydrogen) atoms. The molecule has 1 unspecified atom stereocenters. The fourth-order valence-corrected chi connectivity index (χ4v) is 3.28. The Hall–Kier alpha value is -1.17. The maximum atomic E-state index is 11.0. The van der Waals surface area contributed by atoms with Gasteiger partial charge in [-0.2, -0.15) is 0 Å². The van der Waals surface area contributed by atoms with Gasteiger partial charge in [0.15, 0.2) is 0 Å². The number of nitro groups is 1. The molecular formula is C15H20ClN3O2. The Labute approximate surface area is 129 Å². The largest absolute Gasteiger partial charge is 0.312 e. The van der Waals surface area contributed by atoms with Gasteiger partial charge in [-0.05, 0) is 50.4 Å². The lowest BCUT2D eigenvalue weighted by molar-refractivity contribution is -0.385. The lowest BCUT2D eigenvalue weighted by Crippen LogP contribution is -2.27. The average Bonchev–Trinajstić information content (AvgIpc) is 3.19.